The first-order valence-corrected chi connectivity index (χ1v) is 14.2. The highest BCUT2D eigenvalue weighted by Gasteiger charge is 2.16. The van der Waals surface area contributed by atoms with Crippen LogP contribution in [0.15, 0.2) is 108 Å². The molecule has 0 atom stereocenters. The highest BCUT2D eigenvalue weighted by Crippen LogP contribution is 2.29. The minimum absolute atomic E-state index is 0.0439. The Morgan fingerprint density at radius 2 is 1.44 bits per heavy atom. The molecule has 0 saturated carbocycles. The van der Waals surface area contributed by atoms with Crippen LogP contribution in [0, 0.1) is 0 Å². The van der Waals surface area contributed by atoms with Crippen molar-refractivity contribution in [1.29, 1.82) is 0 Å². The minimum Gasteiger partial charge on any atom is -0.497 e. The zero-order valence-corrected chi connectivity index (χ0v) is 24.7. The van der Waals surface area contributed by atoms with Gasteiger partial charge < -0.3 is 30.2 Å². The third-order valence-corrected chi connectivity index (χ3v) is 7.14. The van der Waals surface area contributed by atoms with E-state index < -0.39 is 11.8 Å². The molecule has 0 aliphatic heterocycles. The Bertz CT molecular complexity index is 1610. The molecule has 9 nitrogen and oxygen atoms in total. The fourth-order valence-electron chi connectivity index (χ4n) is 3.95. The zero-order chi connectivity index (χ0) is 30.6. The van der Waals surface area contributed by atoms with Gasteiger partial charge in [-0.1, -0.05) is 36.4 Å². The summed E-state index contributed by atoms with van der Waals surface area (Å²) in [6.45, 7) is 0. The molecule has 4 aromatic rings. The van der Waals surface area contributed by atoms with E-state index in [9.17, 15) is 14.4 Å². The summed E-state index contributed by atoms with van der Waals surface area (Å²) in [6.07, 6.45) is 1.57. The van der Waals surface area contributed by atoms with Crippen molar-refractivity contribution in [2.75, 3.05) is 37.7 Å². The second kappa shape index (κ2) is 15.1. The van der Waals surface area contributed by atoms with E-state index in [4.69, 9.17) is 14.2 Å². The SMILES string of the molecule is COc1ccc(NC(=O)CSc2ccc(NC(=O)/C(=C/c3ccccc3OC)NC(=O)c3ccccc3)cc2)c(OC)c1. The van der Waals surface area contributed by atoms with Gasteiger partial charge in [0.1, 0.15) is 22.9 Å². The third kappa shape index (κ3) is 8.64. The number of nitrogens with one attached hydrogen (secondary N) is 3. The van der Waals surface area contributed by atoms with Crippen LogP contribution < -0.4 is 30.2 Å². The molecular weight excluding hydrogens is 566 g/mol. The van der Waals surface area contributed by atoms with E-state index in [1.165, 1.54) is 26.0 Å². The fraction of sp³-hybridized carbons (Fsp3) is 0.121. The molecule has 10 heteroatoms. The van der Waals surface area contributed by atoms with E-state index in [0.717, 1.165) is 4.90 Å². The first kappa shape index (κ1) is 30.7. The molecule has 3 N–H and O–H groups in total. The maximum Gasteiger partial charge on any atom is 0.272 e. The largest absolute Gasteiger partial charge is 0.497 e. The normalized spacial score (nSPS) is 10.8. The molecule has 0 fully saturated rings. The summed E-state index contributed by atoms with van der Waals surface area (Å²) in [5, 5.41) is 8.39. The molecule has 220 valence electrons. The van der Waals surface area contributed by atoms with Crippen LogP contribution in [0.4, 0.5) is 11.4 Å². The summed E-state index contributed by atoms with van der Waals surface area (Å²) in [5.74, 6) is 0.702. The second-order valence-corrected chi connectivity index (χ2v) is 10.1. The van der Waals surface area contributed by atoms with Gasteiger partial charge in [-0.15, -0.1) is 11.8 Å². The maximum absolute atomic E-state index is 13.3. The van der Waals surface area contributed by atoms with Crippen molar-refractivity contribution in [3.05, 3.63) is 114 Å². The van der Waals surface area contributed by atoms with Gasteiger partial charge in [0.15, 0.2) is 0 Å². The quantitative estimate of drug-likeness (QED) is 0.139. The van der Waals surface area contributed by atoms with Gasteiger partial charge in [0.2, 0.25) is 5.91 Å². The molecule has 0 heterocycles. The summed E-state index contributed by atoms with van der Waals surface area (Å²) in [4.78, 5) is 39.6. The van der Waals surface area contributed by atoms with Crippen LogP contribution in [0.1, 0.15) is 15.9 Å². The predicted octanol–water partition coefficient (Wildman–Crippen LogP) is 5.85. The van der Waals surface area contributed by atoms with Gasteiger partial charge in [0.25, 0.3) is 11.8 Å². The number of ether oxygens (including phenoxy) is 3. The molecule has 4 aromatic carbocycles. The summed E-state index contributed by atoms with van der Waals surface area (Å²) in [7, 11) is 4.62. The lowest BCUT2D eigenvalue weighted by Crippen LogP contribution is -2.30. The highest BCUT2D eigenvalue weighted by atomic mass is 32.2. The van der Waals surface area contributed by atoms with Gasteiger partial charge in [-0.25, -0.2) is 0 Å². The summed E-state index contributed by atoms with van der Waals surface area (Å²) in [5.41, 5.74) is 2.14. The van der Waals surface area contributed by atoms with Gasteiger partial charge in [0, 0.05) is 27.8 Å². The van der Waals surface area contributed by atoms with Crippen molar-refractivity contribution in [1.82, 2.24) is 5.32 Å². The lowest BCUT2D eigenvalue weighted by atomic mass is 10.1. The minimum atomic E-state index is -0.511. The Hall–Kier alpha value is -5.22. The van der Waals surface area contributed by atoms with Crippen molar-refractivity contribution in [2.45, 2.75) is 4.90 Å². The van der Waals surface area contributed by atoms with E-state index in [0.29, 0.717) is 39.8 Å². The fourth-order valence-corrected chi connectivity index (χ4v) is 4.65. The van der Waals surface area contributed by atoms with Crippen molar-refractivity contribution in [3.63, 3.8) is 0 Å². The molecule has 0 radical (unpaired) electrons. The van der Waals surface area contributed by atoms with E-state index >= 15 is 0 Å². The smallest absolute Gasteiger partial charge is 0.272 e. The van der Waals surface area contributed by atoms with Gasteiger partial charge in [0.05, 0.1) is 32.8 Å². The van der Waals surface area contributed by atoms with Gasteiger partial charge in [-0.05, 0) is 60.7 Å². The van der Waals surface area contributed by atoms with E-state index in [1.54, 1.807) is 92.0 Å². The van der Waals surface area contributed by atoms with E-state index in [2.05, 4.69) is 16.0 Å². The average molecular weight is 598 g/mol. The highest BCUT2D eigenvalue weighted by molar-refractivity contribution is 8.00. The molecule has 4 rings (SSSR count). The van der Waals surface area contributed by atoms with Crippen molar-refractivity contribution in [2.24, 2.45) is 0 Å². The molecule has 0 spiro atoms. The number of para-hydroxylation sites is 1. The third-order valence-electron chi connectivity index (χ3n) is 6.13. The van der Waals surface area contributed by atoms with Crippen LogP contribution in [-0.2, 0) is 9.59 Å². The molecular formula is C33H31N3O6S. The van der Waals surface area contributed by atoms with Crippen LogP contribution in [0.25, 0.3) is 6.08 Å². The molecule has 0 aliphatic rings. The number of methoxy groups -OCH3 is 3. The van der Waals surface area contributed by atoms with Crippen LogP contribution in [0.2, 0.25) is 0 Å². The Kier molecular flexibility index (Phi) is 10.8. The number of rotatable bonds is 12. The van der Waals surface area contributed by atoms with E-state index in [1.807, 2.05) is 18.2 Å². The Balaban J connectivity index is 1.41. The van der Waals surface area contributed by atoms with Crippen LogP contribution in [-0.4, -0.2) is 44.8 Å². The number of hydrogen-bond acceptors (Lipinski definition) is 7. The van der Waals surface area contributed by atoms with Gasteiger partial charge >= 0.3 is 0 Å². The number of amides is 3. The van der Waals surface area contributed by atoms with Crippen molar-refractivity contribution < 1.29 is 28.6 Å². The summed E-state index contributed by atoms with van der Waals surface area (Å²) in [6, 6.07) is 28.0. The number of benzene rings is 4. The number of carbonyl (C=O) groups is 3. The van der Waals surface area contributed by atoms with Crippen LogP contribution >= 0.6 is 11.8 Å². The monoisotopic (exact) mass is 597 g/mol. The number of thioether (sulfide) groups is 1. The number of hydrogen-bond donors (Lipinski definition) is 3. The van der Waals surface area contributed by atoms with Crippen molar-refractivity contribution >= 4 is 46.9 Å². The summed E-state index contributed by atoms with van der Waals surface area (Å²) >= 11 is 1.34. The first-order chi connectivity index (χ1) is 20.9. The Labute approximate surface area is 254 Å². The second-order valence-electron chi connectivity index (χ2n) is 9.00. The molecule has 0 aromatic heterocycles. The van der Waals surface area contributed by atoms with E-state index in [-0.39, 0.29) is 17.4 Å². The lowest BCUT2D eigenvalue weighted by Gasteiger charge is -2.13. The molecule has 0 unspecified atom stereocenters. The first-order valence-electron chi connectivity index (χ1n) is 13.2. The van der Waals surface area contributed by atoms with Gasteiger partial charge in [-0.2, -0.15) is 0 Å². The Morgan fingerprint density at radius 3 is 2.14 bits per heavy atom. The standard InChI is InChI=1S/C33H31N3O6S/c1-40-25-15-18-27(30(20-25)42-3)35-31(37)21-43-26-16-13-24(14-17-26)34-33(39)28(19-23-11-7-8-12-29(23)41-2)36-32(38)22-9-5-4-6-10-22/h4-20H,21H2,1-3H3,(H,34,39)(H,35,37)(H,36,38)/b28-19-. The molecule has 0 aliphatic carbocycles. The molecule has 0 bridgehead atoms. The van der Waals surface area contributed by atoms with Crippen LogP contribution in [0.3, 0.4) is 0 Å². The summed E-state index contributed by atoms with van der Waals surface area (Å²) < 4.78 is 15.9. The maximum atomic E-state index is 13.3. The molecule has 0 saturated heterocycles. The number of carbonyl (C=O) groups excluding carboxylic acids is 3. The van der Waals surface area contributed by atoms with Crippen LogP contribution in [0.5, 0.6) is 17.2 Å². The Morgan fingerprint density at radius 1 is 0.744 bits per heavy atom. The topological polar surface area (TPSA) is 115 Å². The van der Waals surface area contributed by atoms with Crippen molar-refractivity contribution in [3.8, 4) is 17.2 Å². The lowest BCUT2D eigenvalue weighted by molar-refractivity contribution is -0.114. The van der Waals surface area contributed by atoms with Gasteiger partial charge in [-0.3, -0.25) is 14.4 Å². The average Bonchev–Trinajstić information content (AvgIpc) is 3.04. The number of anilines is 2. The zero-order valence-electron chi connectivity index (χ0n) is 23.9. The molecule has 3 amide bonds. The molecule has 43 heavy (non-hydrogen) atoms. The predicted molar refractivity (Wildman–Crippen MR) is 169 cm³/mol.